The Labute approximate surface area is 98.3 Å². The number of sulfonamides is 1. The summed E-state index contributed by atoms with van der Waals surface area (Å²) in [6, 6.07) is 3.34. The number of hydrogen-bond donors (Lipinski definition) is 2. The van der Waals surface area contributed by atoms with Gasteiger partial charge in [0.2, 0.25) is 10.0 Å². The van der Waals surface area contributed by atoms with Crippen molar-refractivity contribution < 1.29 is 8.42 Å². The summed E-state index contributed by atoms with van der Waals surface area (Å²) in [6.45, 7) is 0.838. The standard InChI is InChI=1S/C8H14N2O2S3/c1-13-5-4-10-15(11,12)8-3-2-7(6-9)14-8/h2-3,10H,4-6,9H2,1H3. The molecule has 0 bridgehead atoms. The molecule has 86 valence electrons. The lowest BCUT2D eigenvalue weighted by Gasteiger charge is -2.02. The van der Waals surface area contributed by atoms with Gasteiger partial charge in [0.25, 0.3) is 0 Å². The molecule has 1 aromatic rings. The maximum absolute atomic E-state index is 11.7. The smallest absolute Gasteiger partial charge is 0.250 e. The third-order valence-electron chi connectivity index (χ3n) is 1.70. The van der Waals surface area contributed by atoms with Crippen LogP contribution < -0.4 is 10.5 Å². The molecular weight excluding hydrogens is 252 g/mol. The molecule has 0 spiro atoms. The minimum Gasteiger partial charge on any atom is -0.326 e. The maximum Gasteiger partial charge on any atom is 0.250 e. The molecule has 1 aromatic heterocycles. The molecule has 0 saturated heterocycles. The normalized spacial score (nSPS) is 11.9. The first-order valence-electron chi connectivity index (χ1n) is 4.37. The van der Waals surface area contributed by atoms with E-state index in [0.717, 1.165) is 10.6 Å². The fourth-order valence-corrected chi connectivity index (χ4v) is 3.71. The van der Waals surface area contributed by atoms with Crippen LogP contribution in [0.2, 0.25) is 0 Å². The van der Waals surface area contributed by atoms with E-state index in [2.05, 4.69) is 4.72 Å². The van der Waals surface area contributed by atoms with Crippen molar-refractivity contribution in [3.05, 3.63) is 17.0 Å². The van der Waals surface area contributed by atoms with Crippen LogP contribution in [0, 0.1) is 0 Å². The van der Waals surface area contributed by atoms with Crippen LogP contribution in [0.4, 0.5) is 0 Å². The second kappa shape index (κ2) is 5.86. The van der Waals surface area contributed by atoms with Gasteiger partial charge in [0, 0.05) is 23.7 Å². The molecule has 1 heterocycles. The molecule has 0 aliphatic heterocycles. The highest BCUT2D eigenvalue weighted by Gasteiger charge is 2.15. The van der Waals surface area contributed by atoms with Crippen molar-refractivity contribution in [2.24, 2.45) is 5.73 Å². The van der Waals surface area contributed by atoms with Crippen molar-refractivity contribution in [1.82, 2.24) is 4.72 Å². The number of hydrogen-bond acceptors (Lipinski definition) is 5. The van der Waals surface area contributed by atoms with Crippen LogP contribution in [0.1, 0.15) is 4.88 Å². The van der Waals surface area contributed by atoms with Crippen molar-refractivity contribution in [2.45, 2.75) is 10.8 Å². The summed E-state index contributed by atoms with van der Waals surface area (Å²) in [7, 11) is -3.32. The summed E-state index contributed by atoms with van der Waals surface area (Å²) in [6.07, 6.45) is 1.94. The molecule has 0 aliphatic carbocycles. The molecular formula is C8H14N2O2S3. The number of nitrogens with two attached hydrogens (primary N) is 1. The van der Waals surface area contributed by atoms with Gasteiger partial charge < -0.3 is 5.73 Å². The van der Waals surface area contributed by atoms with Gasteiger partial charge in [-0.2, -0.15) is 11.8 Å². The lowest BCUT2D eigenvalue weighted by Crippen LogP contribution is -2.25. The Hall–Kier alpha value is -0.0800. The van der Waals surface area contributed by atoms with E-state index in [1.54, 1.807) is 23.9 Å². The molecule has 0 aromatic carbocycles. The second-order valence-electron chi connectivity index (χ2n) is 2.82. The average Bonchev–Trinajstić information content (AvgIpc) is 2.66. The number of nitrogens with one attached hydrogen (secondary N) is 1. The van der Waals surface area contributed by atoms with Crippen molar-refractivity contribution >= 4 is 33.1 Å². The third kappa shape index (κ3) is 3.76. The average molecular weight is 266 g/mol. The van der Waals surface area contributed by atoms with Crippen LogP contribution in [-0.2, 0) is 16.6 Å². The second-order valence-corrected chi connectivity index (χ2v) is 6.96. The summed E-state index contributed by atoms with van der Waals surface area (Å²) < 4.78 is 26.2. The van der Waals surface area contributed by atoms with Crippen molar-refractivity contribution in [3.8, 4) is 0 Å². The van der Waals surface area contributed by atoms with Gasteiger partial charge in [0.1, 0.15) is 4.21 Å². The topological polar surface area (TPSA) is 72.2 Å². The van der Waals surface area contributed by atoms with Crippen LogP contribution >= 0.6 is 23.1 Å². The molecule has 1 rings (SSSR count). The Balaban J connectivity index is 2.68. The molecule has 3 N–H and O–H groups in total. The number of thiophene rings is 1. The highest BCUT2D eigenvalue weighted by atomic mass is 32.2. The van der Waals surface area contributed by atoms with Gasteiger partial charge in [-0.1, -0.05) is 0 Å². The SMILES string of the molecule is CSCCNS(=O)(=O)c1ccc(CN)s1. The van der Waals surface area contributed by atoms with Crippen LogP contribution in [0.25, 0.3) is 0 Å². The summed E-state index contributed by atoms with van der Waals surface area (Å²) in [5, 5.41) is 0. The molecule has 15 heavy (non-hydrogen) atoms. The summed E-state index contributed by atoms with van der Waals surface area (Å²) in [5.74, 6) is 0.772. The van der Waals surface area contributed by atoms with Crippen LogP contribution in [0.3, 0.4) is 0 Å². The Morgan fingerprint density at radius 3 is 2.80 bits per heavy atom. The van der Waals surface area contributed by atoms with E-state index in [1.165, 1.54) is 11.3 Å². The monoisotopic (exact) mass is 266 g/mol. The van der Waals surface area contributed by atoms with Crippen LogP contribution in [0.5, 0.6) is 0 Å². The van der Waals surface area contributed by atoms with E-state index in [1.807, 2.05) is 6.26 Å². The lowest BCUT2D eigenvalue weighted by atomic mass is 10.5. The Morgan fingerprint density at radius 1 is 1.53 bits per heavy atom. The van der Waals surface area contributed by atoms with Crippen molar-refractivity contribution in [1.29, 1.82) is 0 Å². The zero-order valence-corrected chi connectivity index (χ0v) is 10.8. The fraction of sp³-hybridized carbons (Fsp3) is 0.500. The molecule has 0 fully saturated rings. The minimum atomic E-state index is -3.32. The molecule has 0 atom stereocenters. The predicted molar refractivity (Wildman–Crippen MR) is 65.8 cm³/mol. The van der Waals surface area contributed by atoms with E-state index >= 15 is 0 Å². The number of thioether (sulfide) groups is 1. The molecule has 0 aliphatic rings. The van der Waals surface area contributed by atoms with Gasteiger partial charge in [0.05, 0.1) is 0 Å². The van der Waals surface area contributed by atoms with Gasteiger partial charge >= 0.3 is 0 Å². The lowest BCUT2D eigenvalue weighted by molar-refractivity contribution is 0.586. The van der Waals surface area contributed by atoms with Crippen LogP contribution in [0.15, 0.2) is 16.3 Å². The summed E-state index contributed by atoms with van der Waals surface area (Å²) in [5.41, 5.74) is 5.42. The summed E-state index contributed by atoms with van der Waals surface area (Å²) >= 11 is 2.82. The Kier molecular flexibility index (Phi) is 5.07. The molecule has 4 nitrogen and oxygen atoms in total. The predicted octanol–water partition coefficient (Wildman–Crippen LogP) is 0.848. The zero-order valence-electron chi connectivity index (χ0n) is 8.39. The van der Waals surface area contributed by atoms with E-state index in [9.17, 15) is 8.42 Å². The zero-order chi connectivity index (χ0) is 11.3. The van der Waals surface area contributed by atoms with Gasteiger partial charge in [-0.15, -0.1) is 11.3 Å². The van der Waals surface area contributed by atoms with Crippen molar-refractivity contribution in [3.63, 3.8) is 0 Å². The van der Waals surface area contributed by atoms with E-state index in [4.69, 9.17) is 5.73 Å². The highest BCUT2D eigenvalue weighted by Crippen LogP contribution is 2.20. The maximum atomic E-state index is 11.7. The quantitative estimate of drug-likeness (QED) is 0.749. The van der Waals surface area contributed by atoms with Crippen molar-refractivity contribution in [2.75, 3.05) is 18.6 Å². The first kappa shape index (κ1) is 13.0. The van der Waals surface area contributed by atoms with E-state index in [0.29, 0.717) is 17.3 Å². The summed E-state index contributed by atoms with van der Waals surface area (Å²) in [4.78, 5) is 0.875. The molecule has 0 radical (unpaired) electrons. The first-order valence-corrected chi connectivity index (χ1v) is 8.07. The number of rotatable bonds is 6. The Morgan fingerprint density at radius 2 is 2.27 bits per heavy atom. The molecule has 7 heteroatoms. The fourth-order valence-electron chi connectivity index (χ4n) is 0.962. The minimum absolute atomic E-state index is 0.337. The van der Waals surface area contributed by atoms with Gasteiger partial charge in [-0.05, 0) is 18.4 Å². The molecule has 0 saturated carbocycles. The third-order valence-corrected chi connectivity index (χ3v) is 5.37. The van der Waals surface area contributed by atoms with E-state index in [-0.39, 0.29) is 0 Å². The Bertz CT molecular complexity index is 400. The largest absolute Gasteiger partial charge is 0.326 e. The molecule has 0 unspecified atom stereocenters. The molecule has 0 amide bonds. The van der Waals surface area contributed by atoms with Gasteiger partial charge in [-0.3, -0.25) is 0 Å². The van der Waals surface area contributed by atoms with Crippen LogP contribution in [-0.4, -0.2) is 27.0 Å². The highest BCUT2D eigenvalue weighted by molar-refractivity contribution is 7.98. The van der Waals surface area contributed by atoms with Gasteiger partial charge in [0.15, 0.2) is 0 Å². The first-order chi connectivity index (χ1) is 7.10. The van der Waals surface area contributed by atoms with Gasteiger partial charge in [-0.25, -0.2) is 13.1 Å². The van der Waals surface area contributed by atoms with E-state index < -0.39 is 10.0 Å².